The third-order valence-corrected chi connectivity index (χ3v) is 3.11. The number of hydrogen-bond donors (Lipinski definition) is 1. The molecule has 3 nitrogen and oxygen atoms in total. The molecule has 2 N–H and O–H groups in total. The minimum atomic E-state index is 0.746. The third kappa shape index (κ3) is 5.41. The van der Waals surface area contributed by atoms with Gasteiger partial charge in [0.25, 0.3) is 0 Å². The van der Waals surface area contributed by atoms with Crippen molar-refractivity contribution >= 4 is 15.9 Å². The van der Waals surface area contributed by atoms with Crippen LogP contribution in [0.4, 0.5) is 0 Å². The average Bonchev–Trinajstić information content (AvgIpc) is 2.35. The van der Waals surface area contributed by atoms with Crippen LogP contribution in [0.3, 0.4) is 0 Å². The third-order valence-electron chi connectivity index (χ3n) is 2.50. The SMILES string of the molecule is COc1ccc(OCCCCCCN)c(Br)c1. The Morgan fingerprint density at radius 2 is 1.94 bits per heavy atom. The number of benzene rings is 1. The maximum Gasteiger partial charge on any atom is 0.133 e. The molecule has 4 heteroatoms. The smallest absolute Gasteiger partial charge is 0.133 e. The summed E-state index contributed by atoms with van der Waals surface area (Å²) in [5.41, 5.74) is 5.43. The van der Waals surface area contributed by atoms with Crippen molar-refractivity contribution in [2.45, 2.75) is 25.7 Å². The Labute approximate surface area is 111 Å². The molecule has 0 saturated carbocycles. The highest BCUT2D eigenvalue weighted by atomic mass is 79.9. The van der Waals surface area contributed by atoms with Gasteiger partial charge in [0, 0.05) is 0 Å². The molecule has 17 heavy (non-hydrogen) atoms. The lowest BCUT2D eigenvalue weighted by atomic mass is 10.2. The minimum Gasteiger partial charge on any atom is -0.497 e. The van der Waals surface area contributed by atoms with E-state index in [0.717, 1.165) is 42.0 Å². The highest BCUT2D eigenvalue weighted by molar-refractivity contribution is 9.10. The first kappa shape index (κ1) is 14.3. The predicted molar refractivity (Wildman–Crippen MR) is 73.7 cm³/mol. The van der Waals surface area contributed by atoms with E-state index in [1.54, 1.807) is 7.11 Å². The van der Waals surface area contributed by atoms with E-state index in [0.29, 0.717) is 0 Å². The van der Waals surface area contributed by atoms with Gasteiger partial charge in [0.1, 0.15) is 11.5 Å². The van der Waals surface area contributed by atoms with Gasteiger partial charge >= 0.3 is 0 Å². The monoisotopic (exact) mass is 301 g/mol. The second-order valence-electron chi connectivity index (χ2n) is 3.85. The highest BCUT2D eigenvalue weighted by Gasteiger charge is 2.02. The first-order valence-electron chi connectivity index (χ1n) is 5.94. The molecule has 0 heterocycles. The van der Waals surface area contributed by atoms with E-state index in [1.165, 1.54) is 12.8 Å². The molecule has 0 aliphatic rings. The summed E-state index contributed by atoms with van der Waals surface area (Å²) >= 11 is 3.46. The lowest BCUT2D eigenvalue weighted by molar-refractivity contribution is 0.302. The summed E-state index contributed by atoms with van der Waals surface area (Å²) in [6.07, 6.45) is 4.53. The molecule has 0 bridgehead atoms. The van der Waals surface area contributed by atoms with Gasteiger partial charge in [-0.3, -0.25) is 0 Å². The fraction of sp³-hybridized carbons (Fsp3) is 0.538. The Balaban J connectivity index is 2.27. The molecule has 0 amide bonds. The summed E-state index contributed by atoms with van der Waals surface area (Å²) < 4.78 is 11.7. The molecule has 0 aromatic heterocycles. The van der Waals surface area contributed by atoms with E-state index in [4.69, 9.17) is 15.2 Å². The van der Waals surface area contributed by atoms with Crippen LogP contribution in [-0.2, 0) is 0 Å². The number of halogens is 1. The zero-order valence-corrected chi connectivity index (χ0v) is 11.8. The molecular formula is C13H20BrNO2. The van der Waals surface area contributed by atoms with Crippen molar-refractivity contribution in [2.24, 2.45) is 5.73 Å². The zero-order chi connectivity index (χ0) is 12.5. The van der Waals surface area contributed by atoms with Crippen molar-refractivity contribution < 1.29 is 9.47 Å². The van der Waals surface area contributed by atoms with Gasteiger partial charge in [-0.25, -0.2) is 0 Å². The van der Waals surface area contributed by atoms with Crippen LogP contribution in [0.1, 0.15) is 25.7 Å². The Morgan fingerprint density at radius 3 is 2.59 bits per heavy atom. The molecule has 0 radical (unpaired) electrons. The highest BCUT2D eigenvalue weighted by Crippen LogP contribution is 2.29. The summed E-state index contributed by atoms with van der Waals surface area (Å²) in [5.74, 6) is 1.69. The Morgan fingerprint density at radius 1 is 1.18 bits per heavy atom. The van der Waals surface area contributed by atoms with Crippen LogP contribution in [0.2, 0.25) is 0 Å². The van der Waals surface area contributed by atoms with E-state index in [-0.39, 0.29) is 0 Å². The van der Waals surface area contributed by atoms with E-state index >= 15 is 0 Å². The number of hydrogen-bond acceptors (Lipinski definition) is 3. The second kappa shape index (κ2) is 8.37. The maximum atomic E-state index is 5.68. The molecule has 0 unspecified atom stereocenters. The molecule has 1 aromatic rings. The van der Waals surface area contributed by atoms with E-state index in [9.17, 15) is 0 Å². The summed E-state index contributed by atoms with van der Waals surface area (Å²) in [6, 6.07) is 5.72. The number of ether oxygens (including phenoxy) is 2. The van der Waals surface area contributed by atoms with Crippen molar-refractivity contribution in [1.29, 1.82) is 0 Å². The van der Waals surface area contributed by atoms with E-state index < -0.39 is 0 Å². The van der Waals surface area contributed by atoms with Gasteiger partial charge in [-0.05, 0) is 53.5 Å². The predicted octanol–water partition coefficient (Wildman–Crippen LogP) is 3.36. The molecule has 0 aliphatic heterocycles. The van der Waals surface area contributed by atoms with Gasteiger partial charge in [-0.2, -0.15) is 0 Å². The molecular weight excluding hydrogens is 282 g/mol. The van der Waals surface area contributed by atoms with Gasteiger partial charge in [0.05, 0.1) is 18.2 Å². The molecule has 0 fully saturated rings. The summed E-state index contributed by atoms with van der Waals surface area (Å²) in [5, 5.41) is 0. The van der Waals surface area contributed by atoms with Crippen molar-refractivity contribution in [3.8, 4) is 11.5 Å². The van der Waals surface area contributed by atoms with Gasteiger partial charge < -0.3 is 15.2 Å². The second-order valence-corrected chi connectivity index (χ2v) is 4.70. The lowest BCUT2D eigenvalue weighted by Crippen LogP contribution is -2.00. The van der Waals surface area contributed by atoms with Crippen LogP contribution in [0.25, 0.3) is 0 Å². The quantitative estimate of drug-likeness (QED) is 0.749. The van der Waals surface area contributed by atoms with Crippen molar-refractivity contribution in [1.82, 2.24) is 0 Å². The number of rotatable bonds is 8. The van der Waals surface area contributed by atoms with E-state index in [2.05, 4.69) is 15.9 Å². The summed E-state index contributed by atoms with van der Waals surface area (Å²) in [6.45, 7) is 1.53. The fourth-order valence-corrected chi connectivity index (χ4v) is 1.98. The van der Waals surface area contributed by atoms with Crippen LogP contribution in [0.15, 0.2) is 22.7 Å². The fourth-order valence-electron chi connectivity index (χ4n) is 1.51. The van der Waals surface area contributed by atoms with Crippen LogP contribution >= 0.6 is 15.9 Å². The normalized spacial score (nSPS) is 10.3. The maximum absolute atomic E-state index is 5.68. The molecule has 0 aliphatic carbocycles. The molecule has 0 saturated heterocycles. The van der Waals surface area contributed by atoms with Crippen LogP contribution in [0, 0.1) is 0 Å². The van der Waals surface area contributed by atoms with Crippen LogP contribution < -0.4 is 15.2 Å². The van der Waals surface area contributed by atoms with Gasteiger partial charge in [0.2, 0.25) is 0 Å². The number of unbranched alkanes of at least 4 members (excludes halogenated alkanes) is 3. The lowest BCUT2D eigenvalue weighted by Gasteiger charge is -2.09. The van der Waals surface area contributed by atoms with Gasteiger partial charge in [0.15, 0.2) is 0 Å². The number of methoxy groups -OCH3 is 1. The molecule has 0 spiro atoms. The van der Waals surface area contributed by atoms with Crippen molar-refractivity contribution in [3.63, 3.8) is 0 Å². The van der Waals surface area contributed by atoms with Crippen molar-refractivity contribution in [3.05, 3.63) is 22.7 Å². The van der Waals surface area contributed by atoms with Gasteiger partial charge in [-0.15, -0.1) is 0 Å². The minimum absolute atomic E-state index is 0.746. The van der Waals surface area contributed by atoms with Gasteiger partial charge in [-0.1, -0.05) is 12.8 Å². The zero-order valence-electron chi connectivity index (χ0n) is 10.2. The van der Waals surface area contributed by atoms with Crippen molar-refractivity contribution in [2.75, 3.05) is 20.3 Å². The Bertz CT molecular complexity index is 331. The largest absolute Gasteiger partial charge is 0.497 e. The Kier molecular flexibility index (Phi) is 7.05. The first-order chi connectivity index (χ1) is 8.27. The van der Waals surface area contributed by atoms with Crippen LogP contribution in [0.5, 0.6) is 11.5 Å². The number of nitrogens with two attached hydrogens (primary N) is 1. The Hall–Kier alpha value is -0.740. The molecule has 1 rings (SSSR count). The van der Waals surface area contributed by atoms with E-state index in [1.807, 2.05) is 18.2 Å². The first-order valence-corrected chi connectivity index (χ1v) is 6.73. The molecule has 0 atom stereocenters. The molecule has 96 valence electrons. The summed E-state index contributed by atoms with van der Waals surface area (Å²) in [7, 11) is 1.65. The topological polar surface area (TPSA) is 44.5 Å². The summed E-state index contributed by atoms with van der Waals surface area (Å²) in [4.78, 5) is 0. The average molecular weight is 302 g/mol. The standard InChI is InChI=1S/C13H20BrNO2/c1-16-11-6-7-13(12(14)10-11)17-9-5-3-2-4-8-15/h6-7,10H,2-5,8-9,15H2,1H3. The molecule has 1 aromatic carbocycles. The van der Waals surface area contributed by atoms with Crippen LogP contribution in [-0.4, -0.2) is 20.3 Å².